The maximum atomic E-state index is 11.5. The van der Waals surface area contributed by atoms with Crippen molar-refractivity contribution in [1.82, 2.24) is 10.3 Å². The van der Waals surface area contributed by atoms with E-state index < -0.39 is 18.5 Å². The second-order valence-corrected chi connectivity index (χ2v) is 3.13. The van der Waals surface area contributed by atoms with Crippen molar-refractivity contribution in [2.24, 2.45) is 0 Å². The number of aromatic hydroxyl groups is 1. The van der Waals surface area contributed by atoms with Gasteiger partial charge in [-0.25, -0.2) is 4.79 Å². The number of carboxylic acid groups (broad SMARTS) is 1. The molecule has 0 saturated heterocycles. The zero-order valence-corrected chi connectivity index (χ0v) is 8.92. The highest BCUT2D eigenvalue weighted by atomic mass is 16.5. The van der Waals surface area contributed by atoms with Gasteiger partial charge in [0.2, 0.25) is 0 Å². The molecule has 1 heterocycles. The van der Waals surface area contributed by atoms with Gasteiger partial charge in [0.1, 0.15) is 12.4 Å². The summed E-state index contributed by atoms with van der Waals surface area (Å²) in [5.41, 5.74) is 0.225. The summed E-state index contributed by atoms with van der Waals surface area (Å²) in [6.07, 6.45) is 2.53. The Kier molecular flexibility index (Phi) is 4.89. The minimum absolute atomic E-state index is 0.0974. The Hall–Kier alpha value is -2.15. The molecule has 1 rings (SSSR count). The molecule has 0 aromatic carbocycles. The number of carboxylic acids is 1. The summed E-state index contributed by atoms with van der Waals surface area (Å²) in [5, 5.41) is 19.9. The quantitative estimate of drug-likeness (QED) is 0.585. The second-order valence-electron chi connectivity index (χ2n) is 3.13. The fourth-order valence-corrected chi connectivity index (χ4v) is 1.05. The zero-order valence-electron chi connectivity index (χ0n) is 8.92. The first kappa shape index (κ1) is 12.9. The summed E-state index contributed by atoms with van der Waals surface area (Å²) in [6, 6.07) is 1.28. The van der Waals surface area contributed by atoms with E-state index in [-0.39, 0.29) is 24.5 Å². The number of nitrogens with one attached hydrogen (secondary N) is 1. The largest absolute Gasteiger partial charge is 0.506 e. The van der Waals surface area contributed by atoms with Gasteiger partial charge < -0.3 is 20.3 Å². The lowest BCUT2D eigenvalue weighted by Gasteiger charge is -2.05. The number of hydrogen-bond acceptors (Lipinski definition) is 5. The van der Waals surface area contributed by atoms with Crippen LogP contribution in [0.15, 0.2) is 18.5 Å². The summed E-state index contributed by atoms with van der Waals surface area (Å²) >= 11 is 0. The number of nitrogens with zero attached hydrogens (tertiary/aromatic N) is 1. The van der Waals surface area contributed by atoms with E-state index in [0.717, 1.165) is 0 Å². The van der Waals surface area contributed by atoms with Crippen LogP contribution in [0.4, 0.5) is 0 Å². The lowest BCUT2D eigenvalue weighted by Crippen LogP contribution is -2.28. The third-order valence-electron chi connectivity index (χ3n) is 1.74. The van der Waals surface area contributed by atoms with Gasteiger partial charge in [-0.1, -0.05) is 0 Å². The lowest BCUT2D eigenvalue weighted by atomic mass is 10.2. The molecule has 0 spiro atoms. The lowest BCUT2D eigenvalue weighted by molar-refractivity contribution is -0.142. The molecule has 92 valence electrons. The molecule has 1 aromatic heterocycles. The van der Waals surface area contributed by atoms with E-state index in [9.17, 15) is 9.59 Å². The van der Waals surface area contributed by atoms with E-state index in [2.05, 4.69) is 10.3 Å². The number of carbonyl (C=O) groups excluding carboxylic acids is 1. The van der Waals surface area contributed by atoms with E-state index in [1.165, 1.54) is 18.5 Å². The first-order valence-electron chi connectivity index (χ1n) is 4.81. The molecule has 1 amide bonds. The van der Waals surface area contributed by atoms with Crippen molar-refractivity contribution in [3.8, 4) is 5.75 Å². The van der Waals surface area contributed by atoms with Gasteiger partial charge in [0.05, 0.1) is 18.4 Å². The predicted molar refractivity (Wildman–Crippen MR) is 56.7 cm³/mol. The van der Waals surface area contributed by atoms with E-state index in [1.54, 1.807) is 0 Å². The third kappa shape index (κ3) is 4.94. The monoisotopic (exact) mass is 240 g/mol. The van der Waals surface area contributed by atoms with Gasteiger partial charge in [0.15, 0.2) is 0 Å². The minimum atomic E-state index is -1.06. The molecular formula is C10H12N2O5. The molecule has 3 N–H and O–H groups in total. The van der Waals surface area contributed by atoms with E-state index in [4.69, 9.17) is 14.9 Å². The van der Waals surface area contributed by atoms with Crippen LogP contribution in [0.25, 0.3) is 0 Å². The SMILES string of the molecule is O=C(O)COCCNC(=O)c1cncc(O)c1. The molecule has 7 heteroatoms. The Labute approximate surface area is 97.1 Å². The molecule has 0 fully saturated rings. The highest BCUT2D eigenvalue weighted by Crippen LogP contribution is 2.07. The molecule has 0 aliphatic carbocycles. The van der Waals surface area contributed by atoms with Crippen LogP contribution in [0.5, 0.6) is 5.75 Å². The Morgan fingerprint density at radius 2 is 2.18 bits per heavy atom. The first-order valence-corrected chi connectivity index (χ1v) is 4.81. The van der Waals surface area contributed by atoms with Crippen LogP contribution >= 0.6 is 0 Å². The van der Waals surface area contributed by atoms with Gasteiger partial charge in [0, 0.05) is 12.7 Å². The van der Waals surface area contributed by atoms with Crippen LogP contribution in [0.2, 0.25) is 0 Å². The third-order valence-corrected chi connectivity index (χ3v) is 1.74. The molecule has 7 nitrogen and oxygen atoms in total. The van der Waals surface area contributed by atoms with Crippen LogP contribution in [-0.4, -0.2) is 46.8 Å². The molecular weight excluding hydrogens is 228 g/mol. The molecule has 0 atom stereocenters. The number of ether oxygens (including phenoxy) is 1. The summed E-state index contributed by atoms with van der Waals surface area (Å²) in [5.74, 6) is -1.57. The van der Waals surface area contributed by atoms with Gasteiger partial charge in [0.25, 0.3) is 5.91 Å². The molecule has 0 unspecified atom stereocenters. The first-order chi connectivity index (χ1) is 8.09. The minimum Gasteiger partial charge on any atom is -0.506 e. The van der Waals surface area contributed by atoms with Crippen molar-refractivity contribution in [2.45, 2.75) is 0 Å². The number of rotatable bonds is 6. The number of amides is 1. The smallest absolute Gasteiger partial charge is 0.329 e. The summed E-state index contributed by atoms with van der Waals surface area (Å²) in [7, 11) is 0. The molecule has 0 aliphatic rings. The number of pyridine rings is 1. The van der Waals surface area contributed by atoms with E-state index in [0.29, 0.717) is 0 Å². The number of aliphatic carboxylic acids is 1. The average molecular weight is 240 g/mol. The number of carbonyl (C=O) groups is 2. The maximum absolute atomic E-state index is 11.5. The molecule has 0 radical (unpaired) electrons. The van der Waals surface area contributed by atoms with Crippen molar-refractivity contribution >= 4 is 11.9 Å². The van der Waals surface area contributed by atoms with Gasteiger partial charge >= 0.3 is 5.97 Å². The van der Waals surface area contributed by atoms with Crippen LogP contribution < -0.4 is 5.32 Å². The number of hydrogen-bond donors (Lipinski definition) is 3. The van der Waals surface area contributed by atoms with Crippen molar-refractivity contribution in [1.29, 1.82) is 0 Å². The van der Waals surface area contributed by atoms with Gasteiger partial charge in [-0.2, -0.15) is 0 Å². The zero-order chi connectivity index (χ0) is 12.7. The standard InChI is InChI=1S/C10H12N2O5/c13-8-3-7(4-11-5-8)10(16)12-1-2-17-6-9(14)15/h3-5,13H,1-2,6H2,(H,12,16)(H,14,15). The summed E-state index contributed by atoms with van der Waals surface area (Å²) in [6.45, 7) is -0.115. The summed E-state index contributed by atoms with van der Waals surface area (Å²) < 4.78 is 4.73. The van der Waals surface area contributed by atoms with Crippen LogP contribution in [0.1, 0.15) is 10.4 Å². The fraction of sp³-hybridized carbons (Fsp3) is 0.300. The maximum Gasteiger partial charge on any atom is 0.329 e. The molecule has 1 aromatic rings. The normalized spacial score (nSPS) is 9.88. The molecule has 0 aliphatic heterocycles. The van der Waals surface area contributed by atoms with Crippen LogP contribution in [0.3, 0.4) is 0 Å². The van der Waals surface area contributed by atoms with Crippen LogP contribution in [0, 0.1) is 0 Å². The fourth-order valence-electron chi connectivity index (χ4n) is 1.05. The van der Waals surface area contributed by atoms with Crippen molar-refractivity contribution in [3.63, 3.8) is 0 Å². The molecule has 0 bridgehead atoms. The highest BCUT2D eigenvalue weighted by Gasteiger charge is 2.06. The Morgan fingerprint density at radius 1 is 1.41 bits per heavy atom. The number of aromatic nitrogens is 1. The van der Waals surface area contributed by atoms with Gasteiger partial charge in [-0.15, -0.1) is 0 Å². The Morgan fingerprint density at radius 3 is 2.82 bits per heavy atom. The van der Waals surface area contributed by atoms with E-state index in [1.807, 2.05) is 0 Å². The molecule has 17 heavy (non-hydrogen) atoms. The molecule has 0 saturated carbocycles. The van der Waals surface area contributed by atoms with E-state index >= 15 is 0 Å². The average Bonchev–Trinajstić information content (AvgIpc) is 2.28. The van der Waals surface area contributed by atoms with Gasteiger partial charge in [-0.3, -0.25) is 9.78 Å². The van der Waals surface area contributed by atoms with Crippen molar-refractivity contribution < 1.29 is 24.5 Å². The highest BCUT2D eigenvalue weighted by molar-refractivity contribution is 5.94. The van der Waals surface area contributed by atoms with Gasteiger partial charge in [-0.05, 0) is 6.07 Å². The Bertz CT molecular complexity index is 407. The second kappa shape index (κ2) is 6.44. The van der Waals surface area contributed by atoms with Crippen LogP contribution in [-0.2, 0) is 9.53 Å². The predicted octanol–water partition coefficient (Wildman–Crippen LogP) is -0.382. The van der Waals surface area contributed by atoms with Crippen molar-refractivity contribution in [2.75, 3.05) is 19.8 Å². The topological polar surface area (TPSA) is 109 Å². The Balaban J connectivity index is 2.28. The van der Waals surface area contributed by atoms with Crippen molar-refractivity contribution in [3.05, 3.63) is 24.0 Å². The summed E-state index contributed by atoms with van der Waals surface area (Å²) in [4.78, 5) is 25.2.